The topological polar surface area (TPSA) is 103 Å². The molecule has 8 nitrogen and oxygen atoms in total. The van der Waals surface area contributed by atoms with Gasteiger partial charge in [0.25, 0.3) is 0 Å². The summed E-state index contributed by atoms with van der Waals surface area (Å²) in [7, 11) is -4.08. The maximum absolute atomic E-state index is 13.2. The van der Waals surface area contributed by atoms with E-state index in [1.54, 1.807) is 25.1 Å². The fourth-order valence-corrected chi connectivity index (χ4v) is 4.94. The number of amides is 1. The Kier molecular flexibility index (Phi) is 7.26. The van der Waals surface area contributed by atoms with Gasteiger partial charge in [-0.25, -0.2) is 8.42 Å². The second kappa shape index (κ2) is 10.3. The highest BCUT2D eigenvalue weighted by Gasteiger charge is 2.27. The molecule has 0 radical (unpaired) electrons. The summed E-state index contributed by atoms with van der Waals surface area (Å²) in [5.41, 5.74) is 1.25. The molecule has 3 aromatic carbocycles. The van der Waals surface area contributed by atoms with E-state index in [9.17, 15) is 13.2 Å². The van der Waals surface area contributed by atoms with Crippen LogP contribution in [-0.4, -0.2) is 33.8 Å². The maximum Gasteiger partial charge on any atom is 0.242 e. The summed E-state index contributed by atoms with van der Waals surface area (Å²) in [4.78, 5) is 13.1. The van der Waals surface area contributed by atoms with Gasteiger partial charge in [0.05, 0.1) is 16.5 Å². The van der Waals surface area contributed by atoms with Crippen LogP contribution in [0.1, 0.15) is 12.5 Å². The number of ether oxygens (including phenoxy) is 3. The van der Waals surface area contributed by atoms with Gasteiger partial charge >= 0.3 is 0 Å². The van der Waals surface area contributed by atoms with Gasteiger partial charge in [-0.2, -0.15) is 4.72 Å². The number of carbonyl (C=O) groups is 1. The first-order chi connectivity index (χ1) is 16.4. The second-order valence-electron chi connectivity index (χ2n) is 7.45. The SMILES string of the molecule is CCOc1ccc(S(=O)(=O)N[C@@H](Cc2ccccc2)C(=O)Nc2ccc3c(c2)OCO3)cc1Cl. The highest BCUT2D eigenvalue weighted by molar-refractivity contribution is 7.89. The molecular formula is C24H23ClN2O6S. The van der Waals surface area contributed by atoms with E-state index in [0.29, 0.717) is 29.5 Å². The third-order valence-electron chi connectivity index (χ3n) is 5.05. The molecule has 10 heteroatoms. The molecule has 4 rings (SSSR count). The van der Waals surface area contributed by atoms with Crippen LogP contribution in [0.3, 0.4) is 0 Å². The molecule has 1 aliphatic rings. The zero-order chi connectivity index (χ0) is 24.1. The van der Waals surface area contributed by atoms with Crippen LogP contribution in [0, 0.1) is 0 Å². The summed E-state index contributed by atoms with van der Waals surface area (Å²) in [6, 6.07) is 17.2. The van der Waals surface area contributed by atoms with Crippen LogP contribution in [0.4, 0.5) is 5.69 Å². The number of hydrogen-bond acceptors (Lipinski definition) is 6. The van der Waals surface area contributed by atoms with Gasteiger partial charge < -0.3 is 19.5 Å². The third-order valence-corrected chi connectivity index (χ3v) is 6.81. The van der Waals surface area contributed by atoms with Gasteiger partial charge in [-0.3, -0.25) is 4.79 Å². The van der Waals surface area contributed by atoms with Gasteiger partial charge in [0.1, 0.15) is 11.8 Å². The molecular weight excluding hydrogens is 480 g/mol. The van der Waals surface area contributed by atoms with Gasteiger partial charge in [-0.05, 0) is 49.2 Å². The molecule has 2 N–H and O–H groups in total. The Labute approximate surface area is 202 Å². The Morgan fingerprint density at radius 3 is 2.56 bits per heavy atom. The number of halogens is 1. The van der Waals surface area contributed by atoms with E-state index in [4.69, 9.17) is 25.8 Å². The van der Waals surface area contributed by atoms with Crippen LogP contribution in [0.2, 0.25) is 5.02 Å². The van der Waals surface area contributed by atoms with Crippen LogP contribution < -0.4 is 24.2 Å². The molecule has 1 heterocycles. The van der Waals surface area contributed by atoms with Crippen LogP contribution in [0.25, 0.3) is 0 Å². The van der Waals surface area contributed by atoms with Gasteiger partial charge in [-0.1, -0.05) is 41.9 Å². The van der Waals surface area contributed by atoms with E-state index in [0.717, 1.165) is 5.56 Å². The number of sulfonamides is 1. The van der Waals surface area contributed by atoms with Gasteiger partial charge in [0.2, 0.25) is 22.7 Å². The second-order valence-corrected chi connectivity index (χ2v) is 9.57. The average molecular weight is 503 g/mol. The van der Waals surface area contributed by atoms with Crippen LogP contribution in [-0.2, 0) is 21.2 Å². The summed E-state index contributed by atoms with van der Waals surface area (Å²) in [5, 5.41) is 2.92. The average Bonchev–Trinajstić information content (AvgIpc) is 3.28. The maximum atomic E-state index is 13.2. The molecule has 1 amide bonds. The van der Waals surface area contributed by atoms with Crippen LogP contribution in [0.15, 0.2) is 71.6 Å². The highest BCUT2D eigenvalue weighted by atomic mass is 35.5. The minimum atomic E-state index is -4.08. The fourth-order valence-electron chi connectivity index (χ4n) is 3.42. The summed E-state index contributed by atoms with van der Waals surface area (Å²) in [6.07, 6.45) is 0.140. The van der Waals surface area contributed by atoms with Crippen molar-refractivity contribution >= 4 is 33.2 Å². The molecule has 0 aromatic heterocycles. The Balaban J connectivity index is 1.57. The van der Waals surface area contributed by atoms with Crippen molar-refractivity contribution in [2.75, 3.05) is 18.7 Å². The Morgan fingerprint density at radius 2 is 1.82 bits per heavy atom. The molecule has 1 aliphatic heterocycles. The van der Waals surface area contributed by atoms with Crippen molar-refractivity contribution in [2.45, 2.75) is 24.3 Å². The van der Waals surface area contributed by atoms with E-state index in [1.807, 2.05) is 30.3 Å². The molecule has 178 valence electrons. The lowest BCUT2D eigenvalue weighted by Gasteiger charge is -2.19. The molecule has 0 aliphatic carbocycles. The van der Waals surface area contributed by atoms with E-state index < -0.39 is 22.0 Å². The molecule has 34 heavy (non-hydrogen) atoms. The number of fused-ring (bicyclic) bond motifs is 1. The number of benzene rings is 3. The zero-order valence-corrected chi connectivity index (χ0v) is 19.9. The van der Waals surface area contributed by atoms with Crippen molar-refractivity contribution < 1.29 is 27.4 Å². The fraction of sp³-hybridized carbons (Fsp3) is 0.208. The predicted octanol–water partition coefficient (Wildman–Crippen LogP) is 4.00. The van der Waals surface area contributed by atoms with Gasteiger partial charge in [0, 0.05) is 11.8 Å². The van der Waals surface area contributed by atoms with Crippen molar-refractivity contribution in [3.8, 4) is 17.2 Å². The van der Waals surface area contributed by atoms with Crippen molar-refractivity contribution in [3.05, 3.63) is 77.3 Å². The number of carbonyl (C=O) groups excluding carboxylic acids is 1. The van der Waals surface area contributed by atoms with E-state index >= 15 is 0 Å². The lowest BCUT2D eigenvalue weighted by molar-refractivity contribution is -0.117. The Hall–Kier alpha value is -3.27. The van der Waals surface area contributed by atoms with Crippen molar-refractivity contribution in [3.63, 3.8) is 0 Å². The monoisotopic (exact) mass is 502 g/mol. The summed E-state index contributed by atoms with van der Waals surface area (Å²) in [5.74, 6) is 0.932. The first-order valence-electron chi connectivity index (χ1n) is 10.5. The lowest BCUT2D eigenvalue weighted by Crippen LogP contribution is -2.45. The first kappa shape index (κ1) is 23.9. The minimum absolute atomic E-state index is 0.0742. The molecule has 0 bridgehead atoms. The molecule has 0 saturated heterocycles. The van der Waals surface area contributed by atoms with Crippen molar-refractivity contribution in [1.29, 1.82) is 0 Å². The number of anilines is 1. The largest absolute Gasteiger partial charge is 0.492 e. The van der Waals surface area contributed by atoms with Crippen LogP contribution >= 0.6 is 11.6 Å². The van der Waals surface area contributed by atoms with Gasteiger partial charge in [0.15, 0.2) is 11.5 Å². The van der Waals surface area contributed by atoms with E-state index in [1.165, 1.54) is 18.2 Å². The molecule has 0 spiro atoms. The molecule has 1 atom stereocenters. The summed E-state index contributed by atoms with van der Waals surface area (Å²) < 4.78 is 44.8. The Morgan fingerprint density at radius 1 is 1.06 bits per heavy atom. The first-order valence-corrected chi connectivity index (χ1v) is 12.4. The number of nitrogens with one attached hydrogen (secondary N) is 2. The molecule has 3 aromatic rings. The van der Waals surface area contributed by atoms with E-state index in [-0.39, 0.29) is 23.1 Å². The lowest BCUT2D eigenvalue weighted by atomic mass is 10.1. The quantitative estimate of drug-likeness (QED) is 0.458. The number of rotatable bonds is 9. The zero-order valence-electron chi connectivity index (χ0n) is 18.3. The van der Waals surface area contributed by atoms with Gasteiger partial charge in [-0.15, -0.1) is 0 Å². The highest BCUT2D eigenvalue weighted by Crippen LogP contribution is 2.34. The van der Waals surface area contributed by atoms with Crippen molar-refractivity contribution in [1.82, 2.24) is 4.72 Å². The number of hydrogen-bond donors (Lipinski definition) is 2. The molecule has 0 saturated carbocycles. The summed E-state index contributed by atoms with van der Waals surface area (Å²) >= 11 is 6.18. The minimum Gasteiger partial charge on any atom is -0.492 e. The smallest absolute Gasteiger partial charge is 0.242 e. The molecule has 0 fully saturated rings. The third kappa shape index (κ3) is 5.61. The standard InChI is InChI=1S/C24H23ClN2O6S/c1-2-31-21-11-9-18(14-19(21)25)34(29,30)27-20(12-16-6-4-3-5-7-16)24(28)26-17-8-10-22-23(13-17)33-15-32-22/h3-11,13-14,20,27H,2,12,15H2,1H3,(H,26,28)/t20-/m0/s1. The Bertz CT molecular complexity index is 1280. The molecule has 0 unspecified atom stereocenters. The van der Waals surface area contributed by atoms with Crippen molar-refractivity contribution in [2.24, 2.45) is 0 Å². The normalized spacial score (nSPS) is 13.4. The van der Waals surface area contributed by atoms with E-state index in [2.05, 4.69) is 10.0 Å². The predicted molar refractivity (Wildman–Crippen MR) is 128 cm³/mol. The van der Waals surface area contributed by atoms with Crippen LogP contribution in [0.5, 0.6) is 17.2 Å². The summed E-state index contributed by atoms with van der Waals surface area (Å²) in [6.45, 7) is 2.30.